The lowest BCUT2D eigenvalue weighted by Gasteiger charge is -2.17. The van der Waals surface area contributed by atoms with Gasteiger partial charge in [-0.25, -0.2) is 0 Å². The molecule has 0 saturated heterocycles. The first-order valence-corrected chi connectivity index (χ1v) is 6.67. The number of benzene rings is 1. The number of hydrogen-bond acceptors (Lipinski definition) is 2. The van der Waals surface area contributed by atoms with Crippen LogP contribution >= 0.6 is 0 Å². The Morgan fingerprint density at radius 1 is 1.37 bits per heavy atom. The number of carbonyl (C=O) groups excluding carboxylic acids is 1. The van der Waals surface area contributed by atoms with Crippen LogP contribution in [0.1, 0.15) is 42.0 Å². The van der Waals surface area contributed by atoms with Gasteiger partial charge in [0.15, 0.2) is 0 Å². The van der Waals surface area contributed by atoms with Crippen LogP contribution in [0.25, 0.3) is 0 Å². The summed E-state index contributed by atoms with van der Waals surface area (Å²) in [7, 11) is 0. The predicted octanol–water partition coefficient (Wildman–Crippen LogP) is 1.96. The van der Waals surface area contributed by atoms with Gasteiger partial charge in [0, 0.05) is 0 Å². The summed E-state index contributed by atoms with van der Waals surface area (Å²) in [6.45, 7) is 2.05. The van der Waals surface area contributed by atoms with Crippen LogP contribution in [0.4, 0.5) is 0 Å². The Morgan fingerprint density at radius 2 is 2.11 bits per heavy atom. The molecule has 0 aromatic heterocycles. The molecule has 19 heavy (non-hydrogen) atoms. The van der Waals surface area contributed by atoms with Crippen LogP contribution in [-0.4, -0.2) is 17.0 Å². The molecule has 0 bridgehead atoms. The van der Waals surface area contributed by atoms with Crippen molar-refractivity contribution in [2.24, 2.45) is 5.41 Å². The van der Waals surface area contributed by atoms with Gasteiger partial charge in [-0.3, -0.25) is 9.59 Å². The third-order valence-electron chi connectivity index (χ3n) is 4.28. The minimum Gasteiger partial charge on any atom is -0.480 e. The molecule has 4 heteroatoms. The van der Waals surface area contributed by atoms with Gasteiger partial charge in [-0.15, -0.1) is 0 Å². The van der Waals surface area contributed by atoms with Crippen molar-refractivity contribution in [3.8, 4) is 0 Å². The predicted molar refractivity (Wildman–Crippen MR) is 69.7 cm³/mol. The van der Waals surface area contributed by atoms with Crippen molar-refractivity contribution in [3.05, 3.63) is 34.9 Å². The second kappa shape index (κ2) is 4.08. The second-order valence-electron chi connectivity index (χ2n) is 5.65. The Bertz CT molecular complexity index is 561. The SMILES string of the molecule is Cc1ccc2c(c1)CCC2NC(=O)C1(C(=O)O)CC1. The van der Waals surface area contributed by atoms with Gasteiger partial charge in [-0.1, -0.05) is 23.8 Å². The summed E-state index contributed by atoms with van der Waals surface area (Å²) in [6.07, 6.45) is 2.73. The minimum absolute atomic E-state index is 0.0278. The lowest BCUT2D eigenvalue weighted by atomic mass is 10.0. The first kappa shape index (κ1) is 12.2. The zero-order chi connectivity index (χ0) is 13.6. The summed E-state index contributed by atoms with van der Waals surface area (Å²) in [5.41, 5.74) is 2.48. The van der Waals surface area contributed by atoms with Crippen molar-refractivity contribution in [1.82, 2.24) is 5.32 Å². The van der Waals surface area contributed by atoms with Crippen molar-refractivity contribution < 1.29 is 14.7 Å². The Labute approximate surface area is 111 Å². The van der Waals surface area contributed by atoms with E-state index in [1.165, 1.54) is 11.1 Å². The minimum atomic E-state index is -1.15. The summed E-state index contributed by atoms with van der Waals surface area (Å²) in [5, 5.41) is 12.0. The molecule has 2 aliphatic rings. The fraction of sp³-hybridized carbons (Fsp3) is 0.467. The van der Waals surface area contributed by atoms with Gasteiger partial charge in [0.25, 0.3) is 0 Å². The monoisotopic (exact) mass is 259 g/mol. The molecule has 1 aromatic carbocycles. The highest BCUT2D eigenvalue weighted by Gasteiger charge is 2.57. The molecule has 4 nitrogen and oxygen atoms in total. The molecule has 0 aliphatic heterocycles. The van der Waals surface area contributed by atoms with E-state index in [9.17, 15) is 9.59 Å². The number of carboxylic acids is 1. The van der Waals surface area contributed by atoms with E-state index in [0.29, 0.717) is 12.8 Å². The molecule has 1 unspecified atom stereocenters. The van der Waals surface area contributed by atoms with Gasteiger partial charge in [-0.05, 0) is 43.7 Å². The topological polar surface area (TPSA) is 66.4 Å². The van der Waals surface area contributed by atoms with Gasteiger partial charge in [0.1, 0.15) is 5.41 Å². The maximum absolute atomic E-state index is 12.1. The Morgan fingerprint density at radius 3 is 2.74 bits per heavy atom. The molecule has 1 atom stereocenters. The number of nitrogens with one attached hydrogen (secondary N) is 1. The summed E-state index contributed by atoms with van der Waals surface area (Å²) in [5.74, 6) is -1.31. The third-order valence-corrected chi connectivity index (χ3v) is 4.28. The number of carbonyl (C=O) groups is 2. The van der Waals surface area contributed by atoms with Crippen LogP contribution in [0.5, 0.6) is 0 Å². The van der Waals surface area contributed by atoms with Crippen molar-refractivity contribution in [3.63, 3.8) is 0 Å². The molecule has 2 aliphatic carbocycles. The molecule has 100 valence electrons. The molecule has 0 radical (unpaired) electrons. The first-order valence-electron chi connectivity index (χ1n) is 6.67. The van der Waals surface area contributed by atoms with E-state index in [1.54, 1.807) is 0 Å². The lowest BCUT2D eigenvalue weighted by Crippen LogP contribution is -2.38. The van der Waals surface area contributed by atoms with Crippen LogP contribution in [0, 0.1) is 12.3 Å². The van der Waals surface area contributed by atoms with E-state index in [1.807, 2.05) is 12.1 Å². The van der Waals surface area contributed by atoms with E-state index < -0.39 is 11.4 Å². The highest BCUT2D eigenvalue weighted by Crippen LogP contribution is 2.47. The van der Waals surface area contributed by atoms with E-state index in [4.69, 9.17) is 5.11 Å². The van der Waals surface area contributed by atoms with Gasteiger partial charge in [-0.2, -0.15) is 0 Å². The summed E-state index contributed by atoms with van der Waals surface area (Å²) in [6, 6.07) is 6.20. The van der Waals surface area contributed by atoms with E-state index >= 15 is 0 Å². The number of hydrogen-bond donors (Lipinski definition) is 2. The maximum Gasteiger partial charge on any atom is 0.319 e. The van der Waals surface area contributed by atoms with Crippen LogP contribution in [-0.2, 0) is 16.0 Å². The van der Waals surface area contributed by atoms with Crippen molar-refractivity contribution in [2.45, 2.75) is 38.6 Å². The average molecular weight is 259 g/mol. The molecular weight excluding hydrogens is 242 g/mol. The maximum atomic E-state index is 12.1. The van der Waals surface area contributed by atoms with Gasteiger partial charge in [0.05, 0.1) is 6.04 Å². The highest BCUT2D eigenvalue weighted by atomic mass is 16.4. The van der Waals surface area contributed by atoms with Crippen molar-refractivity contribution >= 4 is 11.9 Å². The second-order valence-corrected chi connectivity index (χ2v) is 5.65. The van der Waals surface area contributed by atoms with Crippen molar-refractivity contribution in [2.75, 3.05) is 0 Å². The van der Waals surface area contributed by atoms with Crippen molar-refractivity contribution in [1.29, 1.82) is 0 Å². The molecule has 1 aromatic rings. The standard InChI is InChI=1S/C15H17NO3/c1-9-2-4-11-10(8-9)3-5-12(11)16-13(17)15(6-7-15)14(18)19/h2,4,8,12H,3,5-7H2,1H3,(H,16,17)(H,18,19). The quantitative estimate of drug-likeness (QED) is 0.815. The Kier molecular flexibility index (Phi) is 2.62. The van der Waals surface area contributed by atoms with Crippen LogP contribution < -0.4 is 5.32 Å². The zero-order valence-corrected chi connectivity index (χ0v) is 10.9. The number of fused-ring (bicyclic) bond motifs is 1. The number of aryl methyl sites for hydroxylation is 2. The smallest absolute Gasteiger partial charge is 0.319 e. The molecule has 1 amide bonds. The van der Waals surface area contributed by atoms with Crippen LogP contribution in [0.3, 0.4) is 0 Å². The molecular formula is C15H17NO3. The average Bonchev–Trinajstić information content (AvgIpc) is 3.09. The van der Waals surface area contributed by atoms with Crippen LogP contribution in [0.2, 0.25) is 0 Å². The number of rotatable bonds is 3. The fourth-order valence-electron chi connectivity index (χ4n) is 2.86. The zero-order valence-electron chi connectivity index (χ0n) is 10.9. The first-order chi connectivity index (χ1) is 9.03. The summed E-state index contributed by atoms with van der Waals surface area (Å²) < 4.78 is 0. The third kappa shape index (κ3) is 1.91. The number of aliphatic carboxylic acids is 1. The molecule has 1 fully saturated rings. The van der Waals surface area contributed by atoms with Gasteiger partial charge >= 0.3 is 5.97 Å². The highest BCUT2D eigenvalue weighted by molar-refractivity contribution is 6.05. The van der Waals surface area contributed by atoms with Crippen LogP contribution in [0.15, 0.2) is 18.2 Å². The number of carboxylic acid groups (broad SMARTS) is 1. The fourth-order valence-corrected chi connectivity index (χ4v) is 2.86. The Hall–Kier alpha value is -1.84. The van der Waals surface area contributed by atoms with Gasteiger partial charge < -0.3 is 10.4 Å². The normalized spacial score (nSPS) is 22.7. The molecule has 0 spiro atoms. The largest absolute Gasteiger partial charge is 0.480 e. The summed E-state index contributed by atoms with van der Waals surface area (Å²) >= 11 is 0. The van der Waals surface area contributed by atoms with Gasteiger partial charge in [0.2, 0.25) is 5.91 Å². The molecule has 1 saturated carbocycles. The van der Waals surface area contributed by atoms with E-state index in [2.05, 4.69) is 18.3 Å². The Balaban J connectivity index is 1.77. The van der Waals surface area contributed by atoms with E-state index in [0.717, 1.165) is 18.4 Å². The summed E-state index contributed by atoms with van der Waals surface area (Å²) in [4.78, 5) is 23.2. The molecule has 3 rings (SSSR count). The lowest BCUT2D eigenvalue weighted by molar-refractivity contribution is -0.149. The number of amides is 1. The molecule has 2 N–H and O–H groups in total. The molecule has 0 heterocycles. The van der Waals surface area contributed by atoms with E-state index in [-0.39, 0.29) is 11.9 Å².